The average molecular weight is 655 g/mol. The van der Waals surface area contributed by atoms with Crippen molar-refractivity contribution < 1.29 is 52.0 Å². The van der Waals surface area contributed by atoms with E-state index in [1.165, 1.54) is 0 Å². The van der Waals surface area contributed by atoms with Gasteiger partial charge in [-0.2, -0.15) is 26.3 Å². The number of hydrogen-bond donors (Lipinski definition) is 0. The maximum absolute atomic E-state index is 13.1. The summed E-state index contributed by atoms with van der Waals surface area (Å²) in [5.41, 5.74) is -12.3. The summed E-state index contributed by atoms with van der Waals surface area (Å²) in [6.45, 7) is 18.1. The number of hydrogen-bond acceptors (Lipinski definition) is 6. The molecule has 0 saturated heterocycles. The van der Waals surface area contributed by atoms with Gasteiger partial charge in [0.05, 0.1) is 8.07 Å². The van der Waals surface area contributed by atoms with Crippen LogP contribution in [0.3, 0.4) is 0 Å². The van der Waals surface area contributed by atoms with Crippen LogP contribution in [0, 0.1) is 0 Å². The first kappa shape index (κ1) is 38.1. The highest BCUT2D eigenvalue weighted by molar-refractivity contribution is 8.09. The number of rotatable bonds is 14. The highest BCUT2D eigenvalue weighted by Gasteiger charge is 2.62. The van der Waals surface area contributed by atoms with Gasteiger partial charge in [0.1, 0.15) is 0 Å². The molecular weight excluding hydrogens is 611 g/mol. The van der Waals surface area contributed by atoms with Crippen molar-refractivity contribution in [2.75, 3.05) is 7.11 Å². The van der Waals surface area contributed by atoms with E-state index < -0.39 is 83.8 Å². The van der Waals surface area contributed by atoms with Gasteiger partial charge in [-0.15, -0.1) is 0 Å². The zero-order chi connectivity index (χ0) is 30.8. The second-order valence-electron chi connectivity index (χ2n) is 12.2. The predicted molar refractivity (Wildman–Crippen MR) is 146 cm³/mol. The quantitative estimate of drug-likeness (QED) is 0.152. The highest BCUT2D eigenvalue weighted by Crippen LogP contribution is 2.42. The lowest BCUT2D eigenvalue weighted by atomic mass is 10.2. The molecule has 17 heteroatoms. The first-order valence-electron chi connectivity index (χ1n) is 12.4. The zero-order valence-electron chi connectivity index (χ0n) is 23.9. The van der Waals surface area contributed by atoms with Crippen LogP contribution in [0.4, 0.5) is 26.3 Å². The minimum atomic E-state index is -6.63. The molecule has 2 unspecified atom stereocenters. The molecule has 6 nitrogen and oxygen atoms in total. The lowest BCUT2D eigenvalue weighted by Gasteiger charge is -2.48. The molecule has 0 aliphatic rings. The maximum atomic E-state index is 13.1. The second-order valence-corrected chi connectivity index (χ2v) is 30.1. The van der Waals surface area contributed by atoms with Crippen molar-refractivity contribution in [2.24, 2.45) is 0 Å². The lowest BCUT2D eigenvalue weighted by molar-refractivity contribution is -0.0472. The number of halogens is 6. The molecule has 0 N–H and O–H groups in total. The summed E-state index contributed by atoms with van der Waals surface area (Å²) in [5, 5.41) is -1.05. The molecular formula is C21H44F6O6S2Si3. The van der Waals surface area contributed by atoms with Crippen LogP contribution in [0.1, 0.15) is 53.9 Å². The molecule has 0 aromatic heterocycles. The van der Waals surface area contributed by atoms with Crippen LogP contribution in [-0.2, 0) is 28.5 Å². The first-order chi connectivity index (χ1) is 16.5. The largest absolute Gasteiger partial charge is 0.498 e. The Hall–Kier alpha value is 0.0506. The van der Waals surface area contributed by atoms with Crippen molar-refractivity contribution >= 4 is 45.1 Å². The molecule has 0 rings (SSSR count). The van der Waals surface area contributed by atoms with E-state index in [9.17, 15) is 43.2 Å². The van der Waals surface area contributed by atoms with Crippen molar-refractivity contribution in [2.45, 2.75) is 124 Å². The lowest BCUT2D eigenvalue weighted by Crippen LogP contribution is -2.57. The van der Waals surface area contributed by atoms with Crippen molar-refractivity contribution in [3.05, 3.63) is 0 Å². The molecule has 0 heterocycles. The molecule has 2 atom stereocenters. The predicted octanol–water partition coefficient (Wildman–Crippen LogP) is 6.77. The SMILES string of the molecule is CCC(C)(O[SiH](CCCC(S(=O)(=O)C(F)(F)F)S(=O)(=O)C(F)(F)F)C(C)(C)C)[Si](C)(C)CC[Si](C)(C)OC. The first-order valence-corrected chi connectivity index (χ1v) is 23.6. The van der Waals surface area contributed by atoms with E-state index in [2.05, 4.69) is 26.2 Å². The third-order valence-electron chi connectivity index (χ3n) is 7.62. The van der Waals surface area contributed by atoms with Crippen molar-refractivity contribution in [3.63, 3.8) is 0 Å². The molecule has 0 radical (unpaired) electrons. The van der Waals surface area contributed by atoms with Gasteiger partial charge in [-0.3, -0.25) is 0 Å². The average Bonchev–Trinajstić information content (AvgIpc) is 2.71. The molecule has 0 aromatic carbocycles. The van der Waals surface area contributed by atoms with Gasteiger partial charge < -0.3 is 8.85 Å². The summed E-state index contributed by atoms with van der Waals surface area (Å²) in [7, 11) is -18.0. The van der Waals surface area contributed by atoms with Gasteiger partial charge in [-0.1, -0.05) is 53.3 Å². The summed E-state index contributed by atoms with van der Waals surface area (Å²) in [6, 6.07) is 1.81. The summed E-state index contributed by atoms with van der Waals surface area (Å²) < 4.78 is 135. The molecule has 0 fully saturated rings. The van der Waals surface area contributed by atoms with Gasteiger partial charge >= 0.3 is 11.0 Å². The molecule has 0 aliphatic heterocycles. The smallest absolute Gasteiger partial charge is 0.420 e. The monoisotopic (exact) mass is 654 g/mol. The summed E-state index contributed by atoms with van der Waals surface area (Å²) in [4.78, 5) is 0. The standard InChI is InChI=1S/C21H44F6O6S2Si3/c1-11-19(5,37(7,8)15-16-38(9,10)32-6)33-36(18(2,3)4)14-12-13-17(34(28,29)20(22,23)24)35(30,31)21(25,26)27/h17,36H,11-16H2,1-10H3. The van der Waals surface area contributed by atoms with Crippen molar-refractivity contribution in [1.29, 1.82) is 0 Å². The molecule has 0 bridgehead atoms. The molecule has 0 amide bonds. The van der Waals surface area contributed by atoms with Crippen LogP contribution in [0.15, 0.2) is 0 Å². The Morgan fingerprint density at radius 3 is 1.55 bits per heavy atom. The summed E-state index contributed by atoms with van der Waals surface area (Å²) in [5.74, 6) is 0. The van der Waals surface area contributed by atoms with E-state index in [4.69, 9.17) is 8.85 Å². The van der Waals surface area contributed by atoms with E-state index >= 15 is 0 Å². The van der Waals surface area contributed by atoms with Gasteiger partial charge in [-0.05, 0) is 50.0 Å². The van der Waals surface area contributed by atoms with Crippen LogP contribution in [0.2, 0.25) is 49.4 Å². The van der Waals surface area contributed by atoms with E-state index in [0.29, 0.717) is 6.42 Å². The third kappa shape index (κ3) is 9.29. The number of alkyl halides is 6. The summed E-state index contributed by atoms with van der Waals surface area (Å²) in [6.07, 6.45) is -1.17. The molecule has 230 valence electrons. The van der Waals surface area contributed by atoms with Crippen LogP contribution >= 0.6 is 0 Å². The van der Waals surface area contributed by atoms with Crippen LogP contribution in [0.5, 0.6) is 0 Å². The van der Waals surface area contributed by atoms with Gasteiger partial charge in [0.15, 0.2) is 21.9 Å². The van der Waals surface area contributed by atoms with Crippen LogP contribution < -0.4 is 0 Å². The zero-order valence-corrected chi connectivity index (χ0v) is 28.7. The molecule has 0 spiro atoms. The Balaban J connectivity index is 6.11. The Kier molecular flexibility index (Phi) is 12.5. The fourth-order valence-corrected chi connectivity index (χ4v) is 18.5. The van der Waals surface area contributed by atoms with E-state index in [1.54, 1.807) is 7.11 Å². The molecule has 0 saturated carbocycles. The Morgan fingerprint density at radius 1 is 0.816 bits per heavy atom. The van der Waals surface area contributed by atoms with Gasteiger partial charge in [0.2, 0.25) is 0 Å². The minimum absolute atomic E-state index is 0.0130. The highest BCUT2D eigenvalue weighted by atomic mass is 32.3. The fourth-order valence-electron chi connectivity index (χ4n) is 3.93. The molecule has 0 aliphatic carbocycles. The van der Waals surface area contributed by atoms with Gasteiger partial charge in [0.25, 0.3) is 19.7 Å². The topological polar surface area (TPSA) is 86.7 Å². The maximum Gasteiger partial charge on any atom is 0.498 e. The van der Waals surface area contributed by atoms with Crippen molar-refractivity contribution in [1.82, 2.24) is 0 Å². The molecule has 38 heavy (non-hydrogen) atoms. The van der Waals surface area contributed by atoms with Crippen LogP contribution in [0.25, 0.3) is 0 Å². The fraction of sp³-hybridized carbons (Fsp3) is 1.00. The third-order valence-corrected chi connectivity index (χ3v) is 24.1. The molecule has 0 aromatic rings. The van der Waals surface area contributed by atoms with E-state index in [-0.39, 0.29) is 6.04 Å². The van der Waals surface area contributed by atoms with E-state index in [0.717, 1.165) is 12.1 Å². The number of sulfone groups is 2. The Bertz CT molecular complexity index is 948. The van der Waals surface area contributed by atoms with Gasteiger partial charge in [0, 0.05) is 12.3 Å². The van der Waals surface area contributed by atoms with E-state index in [1.807, 2.05) is 34.6 Å². The van der Waals surface area contributed by atoms with Crippen LogP contribution in [-0.4, -0.2) is 70.2 Å². The second kappa shape index (κ2) is 12.5. The Morgan fingerprint density at radius 2 is 1.24 bits per heavy atom. The normalized spacial score (nSPS) is 17.5. The van der Waals surface area contributed by atoms with Crippen molar-refractivity contribution in [3.8, 4) is 0 Å². The summed E-state index contributed by atoms with van der Waals surface area (Å²) >= 11 is 0. The van der Waals surface area contributed by atoms with Gasteiger partial charge in [-0.25, -0.2) is 16.8 Å². The minimum Gasteiger partial charge on any atom is -0.420 e. The Labute approximate surface area is 227 Å².